The molecule has 1 saturated heterocycles. The number of carbonyl (C=O) groups excluding carboxylic acids is 1. The van der Waals surface area contributed by atoms with Crippen LogP contribution in [0.25, 0.3) is 0 Å². The van der Waals surface area contributed by atoms with Gasteiger partial charge in [0.05, 0.1) is 17.5 Å². The molecule has 1 atom stereocenters. The van der Waals surface area contributed by atoms with Gasteiger partial charge in [0, 0.05) is 31.2 Å². The molecule has 0 bridgehead atoms. The van der Waals surface area contributed by atoms with Crippen LogP contribution in [0.15, 0.2) is 33.6 Å². The molecule has 1 amide bonds. The molecule has 8 heteroatoms. The molecule has 0 N–H and O–H groups in total. The standard InChI is InChI=1S/C16H23BrN2O4S/c1-3-19(11-14-5-4-10-23-14)16(20)12-18(2)24(21,22)15-8-6-13(17)7-9-15/h6-9,14H,3-5,10-12H2,1-2H3. The number of rotatable bonds is 7. The number of benzene rings is 1. The second kappa shape index (κ2) is 8.42. The molecule has 0 saturated carbocycles. The normalized spacial score (nSPS) is 18.1. The van der Waals surface area contributed by atoms with Gasteiger partial charge in [-0.15, -0.1) is 0 Å². The summed E-state index contributed by atoms with van der Waals surface area (Å²) in [5.41, 5.74) is 0. The van der Waals surface area contributed by atoms with Crippen molar-refractivity contribution in [2.75, 3.05) is 33.3 Å². The highest BCUT2D eigenvalue weighted by molar-refractivity contribution is 9.10. The summed E-state index contributed by atoms with van der Waals surface area (Å²) in [6.45, 7) is 3.48. The van der Waals surface area contributed by atoms with Crippen molar-refractivity contribution in [2.24, 2.45) is 0 Å². The molecule has 6 nitrogen and oxygen atoms in total. The first kappa shape index (κ1) is 19.4. The maximum Gasteiger partial charge on any atom is 0.243 e. The summed E-state index contributed by atoms with van der Waals surface area (Å²) in [6, 6.07) is 6.37. The second-order valence-electron chi connectivity index (χ2n) is 5.78. The molecule has 0 aromatic heterocycles. The Hall–Kier alpha value is -0.960. The highest BCUT2D eigenvalue weighted by Gasteiger charge is 2.26. The first-order chi connectivity index (χ1) is 11.3. The van der Waals surface area contributed by atoms with E-state index in [2.05, 4.69) is 15.9 Å². The number of hydrogen-bond donors (Lipinski definition) is 0. The Labute approximate surface area is 151 Å². The summed E-state index contributed by atoms with van der Waals surface area (Å²) in [7, 11) is -2.26. The minimum absolute atomic E-state index is 0.0577. The number of nitrogens with zero attached hydrogens (tertiary/aromatic N) is 2. The van der Waals surface area contributed by atoms with Crippen LogP contribution in [0.5, 0.6) is 0 Å². The number of hydrogen-bond acceptors (Lipinski definition) is 4. The fourth-order valence-electron chi connectivity index (χ4n) is 2.60. The van der Waals surface area contributed by atoms with E-state index in [4.69, 9.17) is 4.74 Å². The Kier molecular flexibility index (Phi) is 6.79. The maximum atomic E-state index is 12.5. The molecule has 1 aliphatic heterocycles. The monoisotopic (exact) mass is 418 g/mol. The van der Waals surface area contributed by atoms with Gasteiger partial charge in [0.1, 0.15) is 0 Å². The van der Waals surface area contributed by atoms with Gasteiger partial charge in [-0.3, -0.25) is 4.79 Å². The van der Waals surface area contributed by atoms with Crippen molar-refractivity contribution in [1.82, 2.24) is 9.21 Å². The van der Waals surface area contributed by atoms with E-state index in [0.717, 1.165) is 28.2 Å². The molecule has 1 aromatic carbocycles. The van der Waals surface area contributed by atoms with Gasteiger partial charge in [-0.1, -0.05) is 15.9 Å². The van der Waals surface area contributed by atoms with Crippen molar-refractivity contribution in [3.63, 3.8) is 0 Å². The molecule has 0 spiro atoms. The number of likely N-dealkylation sites (N-methyl/N-ethyl adjacent to an activating group) is 2. The maximum absolute atomic E-state index is 12.5. The highest BCUT2D eigenvalue weighted by Crippen LogP contribution is 2.18. The van der Waals surface area contributed by atoms with Crippen LogP contribution in [0.1, 0.15) is 19.8 Å². The third-order valence-electron chi connectivity index (χ3n) is 4.06. The van der Waals surface area contributed by atoms with Gasteiger partial charge >= 0.3 is 0 Å². The molecule has 1 aromatic rings. The third-order valence-corrected chi connectivity index (χ3v) is 6.41. The number of carbonyl (C=O) groups is 1. The average molecular weight is 419 g/mol. The largest absolute Gasteiger partial charge is 0.376 e. The summed E-state index contributed by atoms with van der Waals surface area (Å²) >= 11 is 3.28. The Morgan fingerprint density at radius 1 is 1.33 bits per heavy atom. The third kappa shape index (κ3) is 4.78. The van der Waals surface area contributed by atoms with Gasteiger partial charge in [0.15, 0.2) is 0 Å². The van der Waals surface area contributed by atoms with Crippen molar-refractivity contribution in [2.45, 2.75) is 30.8 Å². The first-order valence-electron chi connectivity index (χ1n) is 7.96. The molecule has 2 rings (SSSR count). The van der Waals surface area contributed by atoms with E-state index in [-0.39, 0.29) is 23.5 Å². The zero-order valence-electron chi connectivity index (χ0n) is 13.9. The lowest BCUT2D eigenvalue weighted by molar-refractivity contribution is -0.132. The van der Waals surface area contributed by atoms with E-state index in [1.165, 1.54) is 19.2 Å². The van der Waals surface area contributed by atoms with Crippen molar-refractivity contribution in [3.8, 4) is 0 Å². The van der Waals surface area contributed by atoms with Crippen LogP contribution >= 0.6 is 15.9 Å². The Morgan fingerprint density at radius 2 is 2.00 bits per heavy atom. The van der Waals surface area contributed by atoms with Crippen LogP contribution in [-0.2, 0) is 19.6 Å². The summed E-state index contributed by atoms with van der Waals surface area (Å²) in [5, 5.41) is 0. The van der Waals surface area contributed by atoms with Crippen LogP contribution in [0, 0.1) is 0 Å². The molecule has 24 heavy (non-hydrogen) atoms. The lowest BCUT2D eigenvalue weighted by Gasteiger charge is -2.26. The van der Waals surface area contributed by atoms with E-state index in [9.17, 15) is 13.2 Å². The zero-order valence-corrected chi connectivity index (χ0v) is 16.3. The van der Waals surface area contributed by atoms with Gasteiger partial charge in [-0.05, 0) is 44.0 Å². The summed E-state index contributed by atoms with van der Waals surface area (Å²) < 4.78 is 32.6. The fraction of sp³-hybridized carbons (Fsp3) is 0.562. The van der Waals surface area contributed by atoms with Crippen LogP contribution in [0.3, 0.4) is 0 Å². The average Bonchev–Trinajstić information content (AvgIpc) is 3.05. The van der Waals surface area contributed by atoms with Crippen LogP contribution in [0.2, 0.25) is 0 Å². The van der Waals surface area contributed by atoms with Crippen molar-refractivity contribution in [1.29, 1.82) is 0 Å². The van der Waals surface area contributed by atoms with E-state index in [1.54, 1.807) is 17.0 Å². The van der Waals surface area contributed by atoms with E-state index < -0.39 is 10.0 Å². The van der Waals surface area contributed by atoms with Gasteiger partial charge in [0.25, 0.3) is 0 Å². The van der Waals surface area contributed by atoms with E-state index >= 15 is 0 Å². The number of amides is 1. The van der Waals surface area contributed by atoms with Gasteiger partial charge in [0.2, 0.25) is 15.9 Å². The van der Waals surface area contributed by atoms with Crippen LogP contribution < -0.4 is 0 Å². The molecular formula is C16H23BrN2O4S. The quantitative estimate of drug-likeness (QED) is 0.679. The molecule has 0 aliphatic carbocycles. The van der Waals surface area contributed by atoms with Gasteiger partial charge in [-0.2, -0.15) is 4.31 Å². The minimum Gasteiger partial charge on any atom is -0.376 e. The predicted molar refractivity (Wildman–Crippen MR) is 95.2 cm³/mol. The van der Waals surface area contributed by atoms with Gasteiger partial charge in [-0.25, -0.2) is 8.42 Å². The number of ether oxygens (including phenoxy) is 1. The number of sulfonamides is 1. The lowest BCUT2D eigenvalue weighted by atomic mass is 10.2. The molecule has 1 fully saturated rings. The molecule has 1 heterocycles. The van der Waals surface area contributed by atoms with E-state index in [1.807, 2.05) is 6.92 Å². The Morgan fingerprint density at radius 3 is 2.54 bits per heavy atom. The second-order valence-corrected chi connectivity index (χ2v) is 8.74. The highest BCUT2D eigenvalue weighted by atomic mass is 79.9. The molecule has 1 aliphatic rings. The number of halogens is 1. The van der Waals surface area contributed by atoms with Crippen molar-refractivity contribution < 1.29 is 17.9 Å². The molecule has 0 radical (unpaired) electrons. The smallest absolute Gasteiger partial charge is 0.243 e. The summed E-state index contributed by atoms with van der Waals surface area (Å²) in [5.74, 6) is -0.212. The Bertz CT molecular complexity index is 657. The molecule has 134 valence electrons. The summed E-state index contributed by atoms with van der Waals surface area (Å²) in [4.78, 5) is 14.3. The zero-order chi connectivity index (χ0) is 17.7. The minimum atomic E-state index is -3.69. The molecular weight excluding hydrogens is 396 g/mol. The fourth-order valence-corrected chi connectivity index (χ4v) is 3.99. The van der Waals surface area contributed by atoms with Crippen LogP contribution in [0.4, 0.5) is 0 Å². The first-order valence-corrected chi connectivity index (χ1v) is 10.2. The van der Waals surface area contributed by atoms with Gasteiger partial charge < -0.3 is 9.64 Å². The van der Waals surface area contributed by atoms with Crippen molar-refractivity contribution in [3.05, 3.63) is 28.7 Å². The topological polar surface area (TPSA) is 66.9 Å². The Balaban J connectivity index is 2.01. The lowest BCUT2D eigenvalue weighted by Crippen LogP contribution is -2.43. The van der Waals surface area contributed by atoms with E-state index in [0.29, 0.717) is 13.1 Å². The molecule has 1 unspecified atom stereocenters. The predicted octanol–water partition coefficient (Wildman–Crippen LogP) is 2.10. The summed E-state index contributed by atoms with van der Waals surface area (Å²) in [6.07, 6.45) is 2.01. The van der Waals surface area contributed by atoms with Crippen molar-refractivity contribution >= 4 is 31.9 Å². The van der Waals surface area contributed by atoms with Crippen LogP contribution in [-0.4, -0.2) is 62.9 Å². The SMILES string of the molecule is CCN(CC1CCCO1)C(=O)CN(C)S(=O)(=O)c1ccc(Br)cc1.